The predicted molar refractivity (Wildman–Crippen MR) is 95.6 cm³/mol. The van der Waals surface area contributed by atoms with Gasteiger partial charge in [-0.1, -0.05) is 6.07 Å². The number of piperazine rings is 1. The maximum atomic E-state index is 12.4. The van der Waals surface area contributed by atoms with E-state index < -0.39 is 5.60 Å². The van der Waals surface area contributed by atoms with Gasteiger partial charge in [-0.15, -0.1) is 0 Å². The number of carbonyl (C=O) groups is 1. The fraction of sp³-hybridized carbons (Fsp3) is 0.526. The normalized spacial score (nSPS) is 17.1. The average molecular weight is 356 g/mol. The van der Waals surface area contributed by atoms with Crippen molar-refractivity contribution in [1.82, 2.24) is 10.2 Å². The Balaban J connectivity index is 1.99. The molecule has 1 fully saturated rings. The van der Waals surface area contributed by atoms with Crippen LogP contribution in [0, 0.1) is 22.7 Å². The summed E-state index contributed by atoms with van der Waals surface area (Å²) in [5.41, 5.74) is -0.0110. The SMILES string of the molecule is CC(C)(C)OC(=O)N1CCNCC1CCOc1cccc(C#N)c1C#N. The predicted octanol–water partition coefficient (Wildman–Crippen LogP) is 2.41. The highest BCUT2D eigenvalue weighted by atomic mass is 16.6. The Kier molecular flexibility index (Phi) is 6.43. The van der Waals surface area contributed by atoms with Crippen molar-refractivity contribution in [1.29, 1.82) is 10.5 Å². The van der Waals surface area contributed by atoms with Gasteiger partial charge in [0.15, 0.2) is 0 Å². The minimum absolute atomic E-state index is 0.0525. The van der Waals surface area contributed by atoms with E-state index in [9.17, 15) is 10.1 Å². The Morgan fingerprint density at radius 1 is 1.35 bits per heavy atom. The molecule has 2 rings (SSSR count). The Morgan fingerprint density at radius 3 is 2.77 bits per heavy atom. The second-order valence-corrected chi connectivity index (χ2v) is 7.07. The van der Waals surface area contributed by atoms with Gasteiger partial charge in [0.25, 0.3) is 0 Å². The molecule has 1 amide bonds. The van der Waals surface area contributed by atoms with Crippen LogP contribution in [0.25, 0.3) is 0 Å². The number of nitriles is 2. The van der Waals surface area contributed by atoms with Gasteiger partial charge in [0.2, 0.25) is 0 Å². The smallest absolute Gasteiger partial charge is 0.410 e. The minimum Gasteiger partial charge on any atom is -0.492 e. The zero-order valence-corrected chi connectivity index (χ0v) is 15.4. The van der Waals surface area contributed by atoms with Crippen molar-refractivity contribution in [2.24, 2.45) is 0 Å². The number of hydrogen-bond acceptors (Lipinski definition) is 6. The summed E-state index contributed by atoms with van der Waals surface area (Å²) in [7, 11) is 0. The molecule has 1 unspecified atom stereocenters. The van der Waals surface area contributed by atoms with E-state index in [-0.39, 0.29) is 17.7 Å². The monoisotopic (exact) mass is 356 g/mol. The van der Waals surface area contributed by atoms with Crippen LogP contribution in [0.2, 0.25) is 0 Å². The molecule has 1 aromatic rings. The van der Waals surface area contributed by atoms with Crippen LogP contribution in [0.1, 0.15) is 38.3 Å². The maximum absolute atomic E-state index is 12.4. The van der Waals surface area contributed by atoms with E-state index in [0.717, 1.165) is 6.54 Å². The van der Waals surface area contributed by atoms with Crippen LogP contribution in [0.3, 0.4) is 0 Å². The molecular weight excluding hydrogens is 332 g/mol. The van der Waals surface area contributed by atoms with Crippen LogP contribution in [-0.2, 0) is 4.74 Å². The molecular formula is C19H24N4O3. The third-order valence-electron chi connectivity index (χ3n) is 3.95. The first-order valence-corrected chi connectivity index (χ1v) is 8.62. The molecule has 1 heterocycles. The van der Waals surface area contributed by atoms with Gasteiger partial charge in [-0.3, -0.25) is 0 Å². The maximum Gasteiger partial charge on any atom is 0.410 e. The van der Waals surface area contributed by atoms with Gasteiger partial charge in [0, 0.05) is 26.1 Å². The lowest BCUT2D eigenvalue weighted by Crippen LogP contribution is -2.55. The van der Waals surface area contributed by atoms with Gasteiger partial charge >= 0.3 is 6.09 Å². The minimum atomic E-state index is -0.539. The molecule has 0 saturated carbocycles. The second-order valence-electron chi connectivity index (χ2n) is 7.07. The molecule has 1 aliphatic heterocycles. The van der Waals surface area contributed by atoms with Crippen molar-refractivity contribution in [2.45, 2.75) is 38.8 Å². The summed E-state index contributed by atoms with van der Waals surface area (Å²) in [4.78, 5) is 14.1. The number of nitrogens with zero attached hydrogens (tertiary/aromatic N) is 3. The average Bonchev–Trinajstić information content (AvgIpc) is 2.60. The number of benzene rings is 1. The summed E-state index contributed by atoms with van der Waals surface area (Å²) in [6, 6.07) is 8.89. The number of carbonyl (C=O) groups excluding carboxylic acids is 1. The van der Waals surface area contributed by atoms with E-state index in [1.807, 2.05) is 32.9 Å². The van der Waals surface area contributed by atoms with Crippen molar-refractivity contribution < 1.29 is 14.3 Å². The van der Waals surface area contributed by atoms with Gasteiger partial charge in [-0.2, -0.15) is 10.5 Å². The number of amides is 1. The van der Waals surface area contributed by atoms with E-state index in [4.69, 9.17) is 14.7 Å². The lowest BCUT2D eigenvalue weighted by atomic mass is 10.1. The Morgan fingerprint density at radius 2 is 2.12 bits per heavy atom. The zero-order valence-electron chi connectivity index (χ0n) is 15.4. The molecule has 1 aromatic carbocycles. The highest BCUT2D eigenvalue weighted by Gasteiger charge is 2.30. The van der Waals surface area contributed by atoms with Gasteiger partial charge in [-0.25, -0.2) is 4.79 Å². The number of rotatable bonds is 4. The fourth-order valence-electron chi connectivity index (χ4n) is 2.74. The lowest BCUT2D eigenvalue weighted by Gasteiger charge is -2.37. The Hall–Kier alpha value is -2.77. The van der Waals surface area contributed by atoms with E-state index >= 15 is 0 Å². The molecule has 0 bridgehead atoms. The van der Waals surface area contributed by atoms with Gasteiger partial charge in [-0.05, 0) is 32.9 Å². The van der Waals surface area contributed by atoms with Crippen LogP contribution in [0.4, 0.5) is 4.79 Å². The summed E-state index contributed by atoms with van der Waals surface area (Å²) in [6.45, 7) is 7.82. The van der Waals surface area contributed by atoms with Crippen LogP contribution < -0.4 is 10.1 Å². The molecule has 26 heavy (non-hydrogen) atoms. The molecule has 0 radical (unpaired) electrons. The van der Waals surface area contributed by atoms with Crippen molar-refractivity contribution >= 4 is 6.09 Å². The number of ether oxygens (including phenoxy) is 2. The van der Waals surface area contributed by atoms with Crippen LogP contribution in [0.15, 0.2) is 18.2 Å². The molecule has 1 aliphatic rings. The molecule has 0 spiro atoms. The topological polar surface area (TPSA) is 98.4 Å². The molecule has 0 aromatic heterocycles. The fourth-order valence-corrected chi connectivity index (χ4v) is 2.74. The van der Waals surface area contributed by atoms with E-state index in [1.165, 1.54) is 0 Å². The first-order valence-electron chi connectivity index (χ1n) is 8.62. The van der Waals surface area contributed by atoms with Gasteiger partial charge in [0.05, 0.1) is 18.2 Å². The van der Waals surface area contributed by atoms with Crippen molar-refractivity contribution in [3.63, 3.8) is 0 Å². The third kappa shape index (κ3) is 5.11. The van der Waals surface area contributed by atoms with E-state index in [2.05, 4.69) is 5.32 Å². The summed E-state index contributed by atoms with van der Waals surface area (Å²) >= 11 is 0. The largest absolute Gasteiger partial charge is 0.492 e. The summed E-state index contributed by atoms with van der Waals surface area (Å²) in [6.07, 6.45) is 0.265. The standard InChI is InChI=1S/C19H24N4O3/c1-19(2,3)26-18(24)23-9-8-22-13-15(23)7-10-25-17-6-4-5-14(11-20)16(17)12-21/h4-6,15,22H,7-10,13H2,1-3H3. The highest BCUT2D eigenvalue weighted by Crippen LogP contribution is 2.22. The zero-order chi connectivity index (χ0) is 19.2. The molecule has 7 heteroatoms. The van der Waals surface area contributed by atoms with Gasteiger partial charge < -0.3 is 19.7 Å². The Bertz CT molecular complexity index is 728. The Labute approximate surface area is 154 Å². The lowest BCUT2D eigenvalue weighted by molar-refractivity contribution is 0.00984. The molecule has 138 valence electrons. The number of nitrogens with one attached hydrogen (secondary N) is 1. The summed E-state index contributed by atoms with van der Waals surface area (Å²) in [5.74, 6) is 0.388. The summed E-state index contributed by atoms with van der Waals surface area (Å²) in [5, 5.41) is 21.6. The van der Waals surface area contributed by atoms with Crippen molar-refractivity contribution in [2.75, 3.05) is 26.2 Å². The quantitative estimate of drug-likeness (QED) is 0.889. The third-order valence-corrected chi connectivity index (χ3v) is 3.95. The second kappa shape index (κ2) is 8.55. The first-order chi connectivity index (χ1) is 12.4. The van der Waals surface area contributed by atoms with E-state index in [0.29, 0.717) is 37.4 Å². The van der Waals surface area contributed by atoms with Gasteiger partial charge in [0.1, 0.15) is 29.1 Å². The molecule has 0 aliphatic carbocycles. The molecule has 7 nitrogen and oxygen atoms in total. The first kappa shape index (κ1) is 19.6. The number of hydrogen-bond donors (Lipinski definition) is 1. The van der Waals surface area contributed by atoms with Crippen LogP contribution in [-0.4, -0.2) is 48.9 Å². The molecule has 1 atom stereocenters. The highest BCUT2D eigenvalue weighted by molar-refractivity contribution is 5.68. The van der Waals surface area contributed by atoms with Crippen molar-refractivity contribution in [3.8, 4) is 17.9 Å². The van der Waals surface area contributed by atoms with Crippen molar-refractivity contribution in [3.05, 3.63) is 29.3 Å². The van der Waals surface area contributed by atoms with E-state index in [1.54, 1.807) is 23.1 Å². The van der Waals surface area contributed by atoms with Crippen LogP contribution >= 0.6 is 0 Å². The van der Waals surface area contributed by atoms with Crippen LogP contribution in [0.5, 0.6) is 5.75 Å². The summed E-state index contributed by atoms with van der Waals surface area (Å²) < 4.78 is 11.2. The molecule has 1 saturated heterocycles. The molecule has 1 N–H and O–H groups in total.